The van der Waals surface area contributed by atoms with Crippen LogP contribution in [-0.2, 0) is 9.59 Å². The Bertz CT molecular complexity index is 339. The molecule has 2 fully saturated rings. The Hall–Kier alpha value is -1.10. The number of nitrogens with zero attached hydrogens (tertiary/aromatic N) is 1. The van der Waals surface area contributed by atoms with Gasteiger partial charge in [-0.3, -0.25) is 14.5 Å². The minimum absolute atomic E-state index is 0.0312. The fourth-order valence-electron chi connectivity index (χ4n) is 3.03. The number of carboxylic acid groups (broad SMARTS) is 1. The van der Waals surface area contributed by atoms with Crippen LogP contribution in [0.1, 0.15) is 45.4 Å². The van der Waals surface area contributed by atoms with Crippen molar-refractivity contribution in [1.29, 1.82) is 0 Å². The highest BCUT2D eigenvalue weighted by Gasteiger charge is 2.43. The van der Waals surface area contributed by atoms with Crippen LogP contribution in [0.25, 0.3) is 0 Å². The average Bonchev–Trinajstić information content (AvgIpc) is 2.90. The number of carboxylic acids is 1. The molecule has 2 rings (SSSR count). The molecule has 1 saturated heterocycles. The molecule has 1 unspecified atom stereocenters. The summed E-state index contributed by atoms with van der Waals surface area (Å²) >= 11 is 0. The van der Waals surface area contributed by atoms with Gasteiger partial charge >= 0.3 is 5.97 Å². The Morgan fingerprint density at radius 3 is 2.61 bits per heavy atom. The van der Waals surface area contributed by atoms with Crippen molar-refractivity contribution in [2.45, 2.75) is 57.0 Å². The summed E-state index contributed by atoms with van der Waals surface area (Å²) in [5.74, 6) is -0.857. The van der Waals surface area contributed by atoms with E-state index in [4.69, 9.17) is 0 Å². The second-order valence-electron chi connectivity index (χ2n) is 5.65. The number of carbonyl (C=O) groups is 2. The first-order valence-electron chi connectivity index (χ1n) is 6.80. The Balaban J connectivity index is 1.88. The highest BCUT2D eigenvalue weighted by atomic mass is 16.4. The monoisotopic (exact) mass is 254 g/mol. The number of rotatable bonds is 4. The first-order valence-corrected chi connectivity index (χ1v) is 6.80. The normalized spacial score (nSPS) is 29.6. The quantitative estimate of drug-likeness (QED) is 0.785. The Kier molecular flexibility index (Phi) is 3.90. The zero-order valence-electron chi connectivity index (χ0n) is 10.9. The number of likely N-dealkylation sites (tertiary alicyclic amines) is 1. The third kappa shape index (κ3) is 2.66. The van der Waals surface area contributed by atoms with Crippen LogP contribution >= 0.6 is 0 Å². The van der Waals surface area contributed by atoms with E-state index in [1.54, 1.807) is 11.8 Å². The van der Waals surface area contributed by atoms with E-state index < -0.39 is 11.5 Å². The summed E-state index contributed by atoms with van der Waals surface area (Å²) in [6.45, 7) is 2.62. The number of hydrogen-bond acceptors (Lipinski definition) is 3. The lowest BCUT2D eigenvalue weighted by Gasteiger charge is -2.30. The van der Waals surface area contributed by atoms with Crippen LogP contribution in [-0.4, -0.2) is 46.6 Å². The third-order valence-electron chi connectivity index (χ3n) is 4.31. The topological polar surface area (TPSA) is 69.6 Å². The summed E-state index contributed by atoms with van der Waals surface area (Å²) < 4.78 is 0. The predicted molar refractivity (Wildman–Crippen MR) is 67.2 cm³/mol. The van der Waals surface area contributed by atoms with Gasteiger partial charge in [-0.05, 0) is 39.2 Å². The van der Waals surface area contributed by atoms with E-state index in [9.17, 15) is 14.7 Å². The fraction of sp³-hybridized carbons (Fsp3) is 0.846. The van der Waals surface area contributed by atoms with E-state index in [2.05, 4.69) is 5.32 Å². The first kappa shape index (κ1) is 13.3. The van der Waals surface area contributed by atoms with Crippen molar-refractivity contribution >= 4 is 11.9 Å². The molecule has 1 saturated carbocycles. The first-order chi connectivity index (χ1) is 8.52. The van der Waals surface area contributed by atoms with Crippen molar-refractivity contribution in [3.05, 3.63) is 0 Å². The van der Waals surface area contributed by atoms with Crippen LogP contribution in [0.2, 0.25) is 0 Å². The maximum atomic E-state index is 11.9. The number of nitrogens with one attached hydrogen (secondary N) is 1. The predicted octanol–water partition coefficient (Wildman–Crippen LogP) is 0.984. The van der Waals surface area contributed by atoms with Gasteiger partial charge in [-0.1, -0.05) is 12.8 Å². The maximum absolute atomic E-state index is 11.9. The molecule has 0 aromatic rings. The highest BCUT2D eigenvalue weighted by molar-refractivity contribution is 5.82. The van der Waals surface area contributed by atoms with Crippen molar-refractivity contribution in [1.82, 2.24) is 10.2 Å². The smallest absolute Gasteiger partial charge is 0.323 e. The molecule has 5 heteroatoms. The summed E-state index contributed by atoms with van der Waals surface area (Å²) in [5, 5.41) is 12.3. The molecule has 1 aliphatic heterocycles. The lowest BCUT2D eigenvalue weighted by atomic mass is 9.99. The lowest BCUT2D eigenvalue weighted by Crippen LogP contribution is -2.52. The van der Waals surface area contributed by atoms with Crippen LogP contribution in [0.15, 0.2) is 0 Å². The van der Waals surface area contributed by atoms with Gasteiger partial charge in [0.05, 0.1) is 6.54 Å². The van der Waals surface area contributed by atoms with E-state index in [0.717, 1.165) is 19.3 Å². The molecule has 0 aromatic carbocycles. The lowest BCUT2D eigenvalue weighted by molar-refractivity contribution is -0.149. The van der Waals surface area contributed by atoms with E-state index in [0.29, 0.717) is 19.0 Å². The molecule has 1 heterocycles. The zero-order chi connectivity index (χ0) is 13.2. The average molecular weight is 254 g/mol. The van der Waals surface area contributed by atoms with E-state index in [1.165, 1.54) is 12.8 Å². The van der Waals surface area contributed by atoms with Gasteiger partial charge in [0.15, 0.2) is 0 Å². The second kappa shape index (κ2) is 5.26. The van der Waals surface area contributed by atoms with Crippen molar-refractivity contribution in [3.63, 3.8) is 0 Å². The van der Waals surface area contributed by atoms with Gasteiger partial charge in [0.2, 0.25) is 5.91 Å². The molecule has 1 amide bonds. The Labute approximate surface area is 108 Å². The van der Waals surface area contributed by atoms with Crippen LogP contribution < -0.4 is 5.32 Å². The number of amides is 1. The van der Waals surface area contributed by atoms with Crippen LogP contribution in [0.3, 0.4) is 0 Å². The highest BCUT2D eigenvalue weighted by Crippen LogP contribution is 2.28. The van der Waals surface area contributed by atoms with Crippen molar-refractivity contribution < 1.29 is 14.7 Å². The third-order valence-corrected chi connectivity index (χ3v) is 4.31. The number of carbonyl (C=O) groups excluding carboxylic acids is 1. The minimum atomic E-state index is -0.868. The van der Waals surface area contributed by atoms with Crippen LogP contribution in [0, 0.1) is 0 Å². The van der Waals surface area contributed by atoms with E-state index in [-0.39, 0.29) is 12.5 Å². The van der Waals surface area contributed by atoms with Crippen molar-refractivity contribution in [2.75, 3.05) is 13.1 Å². The second-order valence-corrected chi connectivity index (χ2v) is 5.65. The maximum Gasteiger partial charge on any atom is 0.323 e. The molecule has 2 aliphatic rings. The summed E-state index contributed by atoms with van der Waals surface area (Å²) in [6.07, 6.45) is 5.95. The molecule has 0 spiro atoms. The standard InChI is InChI=1S/C13H22N2O3/c1-13(12(17)18)7-4-8-15(13)9-11(16)14-10-5-2-3-6-10/h10H,2-9H2,1H3,(H,14,16)(H,17,18). The van der Waals surface area contributed by atoms with Crippen LogP contribution in [0.4, 0.5) is 0 Å². The summed E-state index contributed by atoms with van der Waals surface area (Å²) in [7, 11) is 0. The van der Waals surface area contributed by atoms with Gasteiger partial charge in [-0.15, -0.1) is 0 Å². The van der Waals surface area contributed by atoms with Gasteiger partial charge in [0.25, 0.3) is 0 Å². The fourth-order valence-corrected chi connectivity index (χ4v) is 3.03. The Morgan fingerprint density at radius 2 is 2.00 bits per heavy atom. The largest absolute Gasteiger partial charge is 0.480 e. The molecule has 1 atom stereocenters. The molecule has 1 aliphatic carbocycles. The summed E-state index contributed by atoms with van der Waals surface area (Å²) in [4.78, 5) is 25.0. The van der Waals surface area contributed by atoms with Crippen molar-refractivity contribution in [3.8, 4) is 0 Å². The van der Waals surface area contributed by atoms with Gasteiger partial charge in [0, 0.05) is 6.04 Å². The molecular formula is C13H22N2O3. The van der Waals surface area contributed by atoms with Gasteiger partial charge in [-0.25, -0.2) is 0 Å². The Morgan fingerprint density at radius 1 is 1.33 bits per heavy atom. The van der Waals surface area contributed by atoms with Gasteiger partial charge < -0.3 is 10.4 Å². The van der Waals surface area contributed by atoms with Crippen molar-refractivity contribution in [2.24, 2.45) is 0 Å². The number of hydrogen-bond donors (Lipinski definition) is 2. The molecule has 18 heavy (non-hydrogen) atoms. The molecule has 102 valence electrons. The molecule has 0 aromatic heterocycles. The molecular weight excluding hydrogens is 232 g/mol. The molecule has 0 radical (unpaired) electrons. The zero-order valence-corrected chi connectivity index (χ0v) is 10.9. The van der Waals surface area contributed by atoms with Gasteiger partial charge in [-0.2, -0.15) is 0 Å². The minimum Gasteiger partial charge on any atom is -0.480 e. The number of aliphatic carboxylic acids is 1. The summed E-state index contributed by atoms with van der Waals surface area (Å²) in [6, 6.07) is 0.302. The van der Waals surface area contributed by atoms with E-state index in [1.807, 2.05) is 0 Å². The van der Waals surface area contributed by atoms with Crippen LogP contribution in [0.5, 0.6) is 0 Å². The molecule has 2 N–H and O–H groups in total. The summed E-state index contributed by atoms with van der Waals surface area (Å²) in [5.41, 5.74) is -0.868. The SMILES string of the molecule is CC1(C(=O)O)CCCN1CC(=O)NC1CCCC1. The molecule has 0 bridgehead atoms. The van der Waals surface area contributed by atoms with Gasteiger partial charge in [0.1, 0.15) is 5.54 Å². The van der Waals surface area contributed by atoms with E-state index >= 15 is 0 Å². The molecule has 5 nitrogen and oxygen atoms in total.